The zero-order valence-corrected chi connectivity index (χ0v) is 33.9. The fraction of sp³-hybridized carbons (Fsp3) is 0.854. The Morgan fingerprint density at radius 1 is 0.673 bits per heavy atom. The van der Waals surface area contributed by atoms with E-state index in [0.29, 0.717) is 18.6 Å². The van der Waals surface area contributed by atoms with Gasteiger partial charge in [0, 0.05) is 19.4 Å². The zero-order chi connectivity index (χ0) is 38.0. The summed E-state index contributed by atoms with van der Waals surface area (Å²) in [6.07, 6.45) is 36.6. The minimum absolute atomic E-state index is 0.0486. The molecule has 52 heavy (non-hydrogen) atoms. The van der Waals surface area contributed by atoms with Crippen LogP contribution in [0.25, 0.3) is 0 Å². The van der Waals surface area contributed by atoms with Crippen LogP contribution in [-0.2, 0) is 37.4 Å². The molecule has 1 heterocycles. The first-order chi connectivity index (χ1) is 25.3. The van der Waals surface area contributed by atoms with E-state index in [9.17, 15) is 19.0 Å². The summed E-state index contributed by atoms with van der Waals surface area (Å²) in [5.41, 5.74) is 5.34. The Bertz CT molecular complexity index is 976. The maximum Gasteiger partial charge on any atom is 0.472 e. The number of carbonyl (C=O) groups excluding carboxylic acids is 2. The largest absolute Gasteiger partial charge is 0.472 e. The number of phosphoric ester groups is 1. The number of hydrogen-bond acceptors (Lipinski definition) is 9. The topological polar surface area (TPSA) is 147 Å². The molecule has 0 aromatic heterocycles. The summed E-state index contributed by atoms with van der Waals surface area (Å²) in [6, 6.07) is 0. The van der Waals surface area contributed by atoms with Gasteiger partial charge in [-0.2, -0.15) is 0 Å². The highest BCUT2D eigenvalue weighted by Crippen LogP contribution is 2.43. The third kappa shape index (κ3) is 30.9. The number of phosphoric acid groups is 1. The summed E-state index contributed by atoms with van der Waals surface area (Å²) >= 11 is 0. The molecule has 1 fully saturated rings. The lowest BCUT2D eigenvalue weighted by Gasteiger charge is -2.19. The third-order valence-electron chi connectivity index (χ3n) is 9.23. The average molecular weight is 758 g/mol. The molecule has 0 aliphatic carbocycles. The summed E-state index contributed by atoms with van der Waals surface area (Å²) in [5, 5.41) is 0. The normalized spacial score (nSPS) is 17.5. The van der Waals surface area contributed by atoms with E-state index in [1.807, 2.05) is 0 Å². The van der Waals surface area contributed by atoms with Crippen molar-refractivity contribution in [1.29, 1.82) is 0 Å². The van der Waals surface area contributed by atoms with E-state index in [1.165, 1.54) is 77.0 Å². The van der Waals surface area contributed by atoms with E-state index in [2.05, 4.69) is 38.2 Å². The minimum Gasteiger partial charge on any atom is -0.462 e. The van der Waals surface area contributed by atoms with Crippen LogP contribution in [0.15, 0.2) is 24.3 Å². The Balaban J connectivity index is 2.19. The van der Waals surface area contributed by atoms with Crippen molar-refractivity contribution in [3.63, 3.8) is 0 Å². The van der Waals surface area contributed by atoms with Crippen LogP contribution >= 0.6 is 7.82 Å². The number of nitrogens with two attached hydrogens (primary N) is 1. The van der Waals surface area contributed by atoms with Crippen LogP contribution in [0.3, 0.4) is 0 Å². The maximum absolute atomic E-state index is 12.6. The van der Waals surface area contributed by atoms with Gasteiger partial charge in [-0.15, -0.1) is 0 Å². The Morgan fingerprint density at radius 3 is 1.79 bits per heavy atom. The molecule has 11 heteroatoms. The quantitative estimate of drug-likeness (QED) is 0.0205. The second-order valence-electron chi connectivity index (χ2n) is 14.2. The van der Waals surface area contributed by atoms with Crippen LogP contribution in [0.5, 0.6) is 0 Å². The molecule has 4 atom stereocenters. The fourth-order valence-corrected chi connectivity index (χ4v) is 6.75. The molecular formula is C41H76NO9P. The first kappa shape index (κ1) is 48.5. The number of epoxide rings is 1. The monoisotopic (exact) mass is 758 g/mol. The molecule has 0 radical (unpaired) electrons. The van der Waals surface area contributed by atoms with Crippen LogP contribution in [0.2, 0.25) is 0 Å². The molecule has 0 aromatic carbocycles. The van der Waals surface area contributed by atoms with Gasteiger partial charge in [0.1, 0.15) is 6.61 Å². The van der Waals surface area contributed by atoms with Gasteiger partial charge in [0.25, 0.3) is 0 Å². The van der Waals surface area contributed by atoms with Gasteiger partial charge >= 0.3 is 19.8 Å². The van der Waals surface area contributed by atoms with Crippen LogP contribution in [0.4, 0.5) is 0 Å². The summed E-state index contributed by atoms with van der Waals surface area (Å²) in [5.74, 6) is -0.853. The minimum atomic E-state index is -4.38. The zero-order valence-electron chi connectivity index (χ0n) is 33.0. The smallest absolute Gasteiger partial charge is 0.462 e. The molecule has 304 valence electrons. The summed E-state index contributed by atoms with van der Waals surface area (Å²) in [6.45, 7) is 3.66. The number of unbranched alkanes of at least 4 members (excludes halogenated alkanes) is 18. The van der Waals surface area contributed by atoms with Crippen LogP contribution < -0.4 is 5.73 Å². The molecule has 3 N–H and O–H groups in total. The molecule has 1 saturated heterocycles. The summed E-state index contributed by atoms with van der Waals surface area (Å²) in [7, 11) is -4.38. The van der Waals surface area contributed by atoms with Gasteiger partial charge in [-0.25, -0.2) is 4.57 Å². The van der Waals surface area contributed by atoms with Gasteiger partial charge in [-0.3, -0.25) is 18.6 Å². The molecule has 0 spiro atoms. The van der Waals surface area contributed by atoms with Gasteiger partial charge < -0.3 is 24.8 Å². The summed E-state index contributed by atoms with van der Waals surface area (Å²) < 4.78 is 38.5. The predicted octanol–water partition coefficient (Wildman–Crippen LogP) is 10.6. The van der Waals surface area contributed by atoms with Crippen molar-refractivity contribution in [2.75, 3.05) is 26.4 Å². The number of carbonyl (C=O) groups is 2. The lowest BCUT2D eigenvalue weighted by atomic mass is 10.1. The van der Waals surface area contributed by atoms with Crippen molar-refractivity contribution < 1.29 is 42.3 Å². The highest BCUT2D eigenvalue weighted by molar-refractivity contribution is 7.47. The Hall–Kier alpha value is -1.55. The maximum atomic E-state index is 12.6. The number of esters is 2. The number of ether oxygens (including phenoxy) is 3. The van der Waals surface area contributed by atoms with Crippen molar-refractivity contribution in [3.05, 3.63) is 24.3 Å². The lowest BCUT2D eigenvalue weighted by Crippen LogP contribution is -2.29. The second kappa shape index (κ2) is 34.0. The van der Waals surface area contributed by atoms with Gasteiger partial charge in [-0.1, -0.05) is 128 Å². The standard InChI is InChI=1S/C41H76NO9P/c1-3-5-7-8-9-10-11-12-13-14-15-16-20-23-27-31-40(43)47-35-37(36-49-52(45,46)48-34-33-42)50-41(44)32-28-24-21-18-17-19-22-26-30-39-38(51-39)29-25-6-4-2/h10-11,22,26,37-39H,3-9,12-21,23-25,27-36,42H2,1-2H3,(H,45,46)/b11-10-,26-22-/t37-,38?,39?/m1/s1. The average Bonchev–Trinajstić information content (AvgIpc) is 3.88. The number of rotatable bonds is 38. The molecule has 1 aliphatic rings. The first-order valence-corrected chi connectivity index (χ1v) is 22.4. The summed E-state index contributed by atoms with van der Waals surface area (Å²) in [4.78, 5) is 34.8. The lowest BCUT2D eigenvalue weighted by molar-refractivity contribution is -0.161. The van der Waals surface area contributed by atoms with E-state index in [4.69, 9.17) is 29.0 Å². The highest BCUT2D eigenvalue weighted by Gasteiger charge is 2.36. The number of hydrogen-bond donors (Lipinski definition) is 2. The van der Waals surface area contributed by atoms with Crippen LogP contribution in [0, 0.1) is 0 Å². The van der Waals surface area contributed by atoms with E-state index in [1.54, 1.807) is 0 Å². The molecule has 3 unspecified atom stereocenters. The van der Waals surface area contributed by atoms with E-state index >= 15 is 0 Å². The predicted molar refractivity (Wildman–Crippen MR) is 210 cm³/mol. The molecule has 0 aromatic rings. The van der Waals surface area contributed by atoms with Crippen molar-refractivity contribution in [3.8, 4) is 0 Å². The van der Waals surface area contributed by atoms with E-state index in [-0.39, 0.29) is 32.6 Å². The molecule has 1 aliphatic heterocycles. The van der Waals surface area contributed by atoms with Crippen molar-refractivity contribution in [2.24, 2.45) is 5.73 Å². The Kier molecular flexibility index (Phi) is 31.7. The molecule has 0 amide bonds. The van der Waals surface area contributed by atoms with Gasteiger partial charge in [0.05, 0.1) is 25.4 Å². The SMILES string of the molecule is CCCCCC/C=C\CCCCCCCCCC(=O)OC[C@H](COP(=O)(O)OCCN)OC(=O)CCCCCCC/C=C\CC1OC1CCCCC. The fourth-order valence-electron chi connectivity index (χ4n) is 5.99. The van der Waals surface area contributed by atoms with Crippen LogP contribution in [-0.4, -0.2) is 61.5 Å². The molecule has 1 rings (SSSR count). The van der Waals surface area contributed by atoms with E-state index in [0.717, 1.165) is 70.6 Å². The third-order valence-corrected chi connectivity index (χ3v) is 10.2. The van der Waals surface area contributed by atoms with Crippen LogP contribution in [0.1, 0.15) is 181 Å². The Morgan fingerprint density at radius 2 is 1.19 bits per heavy atom. The van der Waals surface area contributed by atoms with Crippen molar-refractivity contribution >= 4 is 19.8 Å². The molecule has 0 saturated carbocycles. The van der Waals surface area contributed by atoms with E-state index < -0.39 is 32.5 Å². The Labute approximate surface area is 317 Å². The van der Waals surface area contributed by atoms with Crippen molar-refractivity contribution in [1.82, 2.24) is 0 Å². The second-order valence-corrected chi connectivity index (χ2v) is 15.7. The molecular weight excluding hydrogens is 681 g/mol. The van der Waals surface area contributed by atoms with Gasteiger partial charge in [0.2, 0.25) is 0 Å². The van der Waals surface area contributed by atoms with Gasteiger partial charge in [0.15, 0.2) is 6.10 Å². The first-order valence-electron chi connectivity index (χ1n) is 20.9. The molecule has 10 nitrogen and oxygen atoms in total. The highest BCUT2D eigenvalue weighted by atomic mass is 31.2. The number of allylic oxidation sites excluding steroid dienone is 3. The van der Waals surface area contributed by atoms with Gasteiger partial charge in [-0.05, 0) is 64.2 Å². The van der Waals surface area contributed by atoms with Crippen molar-refractivity contribution in [2.45, 2.75) is 199 Å². The molecule has 0 bridgehead atoms.